The van der Waals surface area contributed by atoms with Crippen LogP contribution in [0.5, 0.6) is 5.88 Å². The van der Waals surface area contributed by atoms with Gasteiger partial charge in [0.15, 0.2) is 0 Å². The monoisotopic (exact) mass is 470 g/mol. The van der Waals surface area contributed by atoms with Crippen molar-refractivity contribution in [3.8, 4) is 11.9 Å². The number of fused-ring (bicyclic) bond motifs is 3. The van der Waals surface area contributed by atoms with E-state index in [0.717, 1.165) is 40.0 Å². The average Bonchev–Trinajstić information content (AvgIpc) is 3.51. The predicted octanol–water partition coefficient (Wildman–Crippen LogP) is 2.92. The van der Waals surface area contributed by atoms with Crippen molar-refractivity contribution in [2.24, 2.45) is 0 Å². The van der Waals surface area contributed by atoms with Gasteiger partial charge >= 0.3 is 0 Å². The molecule has 1 aliphatic carbocycles. The van der Waals surface area contributed by atoms with Gasteiger partial charge in [-0.05, 0) is 49.9 Å². The van der Waals surface area contributed by atoms with Crippen molar-refractivity contribution in [2.75, 3.05) is 18.0 Å². The number of H-pyrrole nitrogens is 1. The third-order valence-corrected chi connectivity index (χ3v) is 7.68. The van der Waals surface area contributed by atoms with Gasteiger partial charge in [-0.1, -0.05) is 12.1 Å². The van der Waals surface area contributed by atoms with E-state index in [0.29, 0.717) is 31.7 Å². The number of pyridine rings is 1. The Morgan fingerprint density at radius 2 is 2.11 bits per heavy atom. The number of hydrogen-bond donors (Lipinski definition) is 1. The Balaban J connectivity index is 1.24. The summed E-state index contributed by atoms with van der Waals surface area (Å²) in [7, 11) is 0. The highest BCUT2D eigenvalue weighted by Gasteiger charge is 2.60. The minimum Gasteiger partial charge on any atom is -0.474 e. The maximum atomic E-state index is 13.8. The predicted molar refractivity (Wildman–Crippen MR) is 128 cm³/mol. The van der Waals surface area contributed by atoms with Gasteiger partial charge < -0.3 is 14.5 Å². The van der Waals surface area contributed by atoms with Gasteiger partial charge in [0.05, 0.1) is 17.2 Å². The summed E-state index contributed by atoms with van der Waals surface area (Å²) in [6.07, 6.45) is 2.41. The number of anilines is 1. The molecule has 6 rings (SSSR count). The SMILES string of the molecule is Cc1cccc2c1C1(CC(Oc3ccc4n[nH]c(C)c4n3)C1)C(=O)N2CC(=O)N1CCCC1C#N. The van der Waals surface area contributed by atoms with E-state index in [1.807, 2.05) is 38.1 Å². The zero-order chi connectivity index (χ0) is 24.3. The fraction of sp³-hybridized carbons (Fsp3) is 0.423. The number of ether oxygens (including phenoxy) is 1. The van der Waals surface area contributed by atoms with Crippen LogP contribution in [0, 0.1) is 25.2 Å². The maximum Gasteiger partial charge on any atom is 0.243 e. The molecule has 1 spiro atoms. The molecule has 2 aliphatic heterocycles. The van der Waals surface area contributed by atoms with Gasteiger partial charge in [0, 0.05) is 31.1 Å². The molecule has 2 amide bonds. The summed E-state index contributed by atoms with van der Waals surface area (Å²) < 4.78 is 6.16. The van der Waals surface area contributed by atoms with E-state index in [-0.39, 0.29) is 24.5 Å². The second kappa shape index (κ2) is 7.80. The van der Waals surface area contributed by atoms with Crippen LogP contribution in [0.1, 0.15) is 42.5 Å². The highest BCUT2D eigenvalue weighted by molar-refractivity contribution is 6.11. The van der Waals surface area contributed by atoms with E-state index in [2.05, 4.69) is 21.3 Å². The van der Waals surface area contributed by atoms with Gasteiger partial charge in [0.25, 0.3) is 0 Å². The standard InChI is InChI=1S/C26H26N6O3/c1-15-5-3-7-20-23(15)26(25(34)32(20)14-22(33)31-10-4-6-17(31)13-27)11-18(12-26)35-21-9-8-19-24(28-21)16(2)29-30-19/h3,5,7-9,17-18H,4,6,10-12,14H2,1-2H3,(H,29,30). The third kappa shape index (κ3) is 3.20. The molecule has 2 fully saturated rings. The number of aryl methyl sites for hydroxylation is 2. The molecule has 9 nitrogen and oxygen atoms in total. The molecule has 0 radical (unpaired) electrons. The average molecular weight is 471 g/mol. The number of rotatable bonds is 4. The molecule has 1 aromatic carbocycles. The Morgan fingerprint density at radius 1 is 1.29 bits per heavy atom. The number of carbonyl (C=O) groups is 2. The van der Waals surface area contributed by atoms with Crippen LogP contribution >= 0.6 is 0 Å². The Kier molecular flexibility index (Phi) is 4.81. The molecular formula is C26H26N6O3. The topological polar surface area (TPSA) is 115 Å². The molecule has 4 heterocycles. The van der Waals surface area contributed by atoms with E-state index in [9.17, 15) is 14.9 Å². The minimum atomic E-state index is -0.694. The smallest absolute Gasteiger partial charge is 0.243 e. The molecule has 1 unspecified atom stereocenters. The van der Waals surface area contributed by atoms with Gasteiger partial charge in [0.1, 0.15) is 29.7 Å². The third-order valence-electron chi connectivity index (χ3n) is 7.68. The largest absolute Gasteiger partial charge is 0.474 e. The number of aromatic amines is 1. The van der Waals surface area contributed by atoms with Gasteiger partial charge in [0.2, 0.25) is 17.7 Å². The van der Waals surface area contributed by atoms with Crippen LogP contribution in [0.3, 0.4) is 0 Å². The normalized spacial score (nSPS) is 25.1. The van der Waals surface area contributed by atoms with Crippen LogP contribution in [-0.4, -0.2) is 57.1 Å². The number of carbonyl (C=O) groups excluding carboxylic acids is 2. The van der Waals surface area contributed by atoms with Gasteiger partial charge in [-0.2, -0.15) is 10.4 Å². The van der Waals surface area contributed by atoms with Crippen LogP contribution in [0.25, 0.3) is 11.0 Å². The Morgan fingerprint density at radius 3 is 2.91 bits per heavy atom. The molecule has 1 N–H and O–H groups in total. The van der Waals surface area contributed by atoms with Crippen LogP contribution in [-0.2, 0) is 15.0 Å². The molecule has 1 saturated carbocycles. The number of aromatic nitrogens is 3. The second-order valence-corrected chi connectivity index (χ2v) is 9.83. The fourth-order valence-electron chi connectivity index (χ4n) is 5.97. The zero-order valence-corrected chi connectivity index (χ0v) is 19.7. The minimum absolute atomic E-state index is 0.0429. The van der Waals surface area contributed by atoms with Crippen molar-refractivity contribution in [1.29, 1.82) is 5.26 Å². The lowest BCUT2D eigenvalue weighted by Gasteiger charge is -2.43. The Bertz CT molecular complexity index is 1400. The van der Waals surface area contributed by atoms with E-state index in [1.165, 1.54) is 0 Å². The molecule has 35 heavy (non-hydrogen) atoms. The van der Waals surface area contributed by atoms with Crippen LogP contribution < -0.4 is 9.64 Å². The lowest BCUT2D eigenvalue weighted by atomic mass is 9.62. The quantitative estimate of drug-likeness (QED) is 0.627. The molecule has 9 heteroatoms. The number of nitrogens with one attached hydrogen (secondary N) is 1. The summed E-state index contributed by atoms with van der Waals surface area (Å²) in [6.45, 7) is 4.45. The number of nitrogens with zero attached hydrogens (tertiary/aromatic N) is 5. The second-order valence-electron chi connectivity index (χ2n) is 9.83. The van der Waals surface area contributed by atoms with E-state index in [4.69, 9.17) is 4.74 Å². The summed E-state index contributed by atoms with van der Waals surface area (Å²) >= 11 is 0. The van der Waals surface area contributed by atoms with E-state index < -0.39 is 11.5 Å². The van der Waals surface area contributed by atoms with Crippen LogP contribution in [0.15, 0.2) is 30.3 Å². The zero-order valence-electron chi connectivity index (χ0n) is 19.7. The fourth-order valence-corrected chi connectivity index (χ4v) is 5.97. The number of hydrogen-bond acceptors (Lipinski definition) is 6. The summed E-state index contributed by atoms with van der Waals surface area (Å²) in [5.74, 6) is 0.282. The highest BCUT2D eigenvalue weighted by Crippen LogP contribution is 2.55. The summed E-state index contributed by atoms with van der Waals surface area (Å²) in [6, 6.07) is 11.3. The first-order chi connectivity index (χ1) is 16.9. The van der Waals surface area contributed by atoms with Crippen molar-refractivity contribution in [1.82, 2.24) is 20.1 Å². The van der Waals surface area contributed by atoms with Crippen molar-refractivity contribution in [2.45, 2.75) is 57.1 Å². The highest BCUT2D eigenvalue weighted by atomic mass is 16.5. The first kappa shape index (κ1) is 21.6. The van der Waals surface area contributed by atoms with E-state index >= 15 is 0 Å². The number of benzene rings is 1. The van der Waals surface area contributed by atoms with Crippen molar-refractivity contribution in [3.63, 3.8) is 0 Å². The van der Waals surface area contributed by atoms with Crippen LogP contribution in [0.2, 0.25) is 0 Å². The Hall–Kier alpha value is -3.93. The lowest BCUT2D eigenvalue weighted by Crippen LogP contribution is -2.55. The molecule has 3 aromatic rings. The van der Waals surface area contributed by atoms with Gasteiger partial charge in [-0.3, -0.25) is 14.7 Å². The molecule has 3 aliphatic rings. The molecule has 1 saturated heterocycles. The molecule has 0 bridgehead atoms. The summed E-state index contributed by atoms with van der Waals surface area (Å²) in [5, 5.41) is 16.5. The van der Waals surface area contributed by atoms with E-state index in [1.54, 1.807) is 15.9 Å². The van der Waals surface area contributed by atoms with Gasteiger partial charge in [-0.25, -0.2) is 4.98 Å². The van der Waals surface area contributed by atoms with Crippen molar-refractivity contribution in [3.05, 3.63) is 47.2 Å². The number of amides is 2. The summed E-state index contributed by atoms with van der Waals surface area (Å²) in [5.41, 5.74) is 4.57. The molecule has 178 valence electrons. The number of nitriles is 1. The first-order valence-corrected chi connectivity index (χ1v) is 12.0. The van der Waals surface area contributed by atoms with Crippen molar-refractivity contribution >= 4 is 28.5 Å². The first-order valence-electron chi connectivity index (χ1n) is 12.0. The number of likely N-dealkylation sites (tertiary alicyclic amines) is 1. The Labute approximate surface area is 202 Å². The van der Waals surface area contributed by atoms with Crippen LogP contribution in [0.4, 0.5) is 5.69 Å². The maximum absolute atomic E-state index is 13.8. The van der Waals surface area contributed by atoms with Gasteiger partial charge in [-0.15, -0.1) is 0 Å². The van der Waals surface area contributed by atoms with Crippen molar-refractivity contribution < 1.29 is 14.3 Å². The molecule has 2 aromatic heterocycles. The lowest BCUT2D eigenvalue weighted by molar-refractivity contribution is -0.134. The summed E-state index contributed by atoms with van der Waals surface area (Å²) in [4.78, 5) is 34.7. The molecule has 1 atom stereocenters. The molecular weight excluding hydrogens is 444 g/mol.